The van der Waals surface area contributed by atoms with E-state index >= 15 is 0 Å². The van der Waals surface area contributed by atoms with E-state index in [4.69, 9.17) is 0 Å². The van der Waals surface area contributed by atoms with Crippen molar-refractivity contribution in [2.45, 2.75) is 24.6 Å². The number of esters is 1. The molecule has 1 aliphatic carbocycles. The molecule has 0 aliphatic heterocycles. The fourth-order valence-corrected chi connectivity index (χ4v) is 1.96. The van der Waals surface area contributed by atoms with Crippen LogP contribution in [0.2, 0.25) is 0 Å². The predicted octanol–water partition coefficient (Wildman–Crippen LogP) is 2.43. The standard InChI is InChI=1S/C14H16F3NO3/c1-21-12(19)13(20,14(15,16)17)10-4-6-11(7-5-10)18-8-9-2-3-9/h4-7,9,18,20H,2-3,8H2,1H3/t13-/m0/s1. The first-order valence-electron chi connectivity index (χ1n) is 6.51. The van der Waals surface area contributed by atoms with E-state index in [0.717, 1.165) is 38.6 Å². The van der Waals surface area contributed by atoms with Crippen molar-refractivity contribution in [2.24, 2.45) is 5.92 Å². The number of halogens is 3. The summed E-state index contributed by atoms with van der Waals surface area (Å²) in [6, 6.07) is 4.94. The maximum Gasteiger partial charge on any atom is 0.432 e. The second-order valence-corrected chi connectivity index (χ2v) is 5.10. The molecule has 0 amide bonds. The Morgan fingerprint density at radius 1 is 1.33 bits per heavy atom. The van der Waals surface area contributed by atoms with Crippen molar-refractivity contribution >= 4 is 11.7 Å². The third-order valence-electron chi connectivity index (χ3n) is 3.49. The van der Waals surface area contributed by atoms with Gasteiger partial charge in [0.2, 0.25) is 0 Å². The molecule has 0 aromatic heterocycles. The molecule has 1 fully saturated rings. The number of anilines is 1. The Morgan fingerprint density at radius 2 is 1.90 bits per heavy atom. The Morgan fingerprint density at radius 3 is 2.33 bits per heavy atom. The van der Waals surface area contributed by atoms with Gasteiger partial charge < -0.3 is 15.2 Å². The number of hydrogen-bond acceptors (Lipinski definition) is 4. The summed E-state index contributed by atoms with van der Waals surface area (Å²) in [4.78, 5) is 11.4. The molecular formula is C14H16F3NO3. The highest BCUT2D eigenvalue weighted by atomic mass is 19.4. The minimum Gasteiger partial charge on any atom is -0.466 e. The van der Waals surface area contributed by atoms with Crippen molar-refractivity contribution in [3.05, 3.63) is 29.8 Å². The van der Waals surface area contributed by atoms with Crippen molar-refractivity contribution in [3.63, 3.8) is 0 Å². The van der Waals surface area contributed by atoms with E-state index in [1.807, 2.05) is 0 Å². The average Bonchev–Trinajstić information content (AvgIpc) is 3.27. The molecule has 4 nitrogen and oxygen atoms in total. The van der Waals surface area contributed by atoms with Crippen LogP contribution < -0.4 is 5.32 Å². The van der Waals surface area contributed by atoms with Crippen molar-refractivity contribution in [2.75, 3.05) is 19.0 Å². The molecule has 7 heteroatoms. The van der Waals surface area contributed by atoms with Crippen molar-refractivity contribution < 1.29 is 27.8 Å². The smallest absolute Gasteiger partial charge is 0.432 e. The number of carbonyl (C=O) groups is 1. The lowest BCUT2D eigenvalue weighted by molar-refractivity contribution is -0.266. The Balaban J connectivity index is 2.21. The quantitative estimate of drug-likeness (QED) is 0.820. The summed E-state index contributed by atoms with van der Waals surface area (Å²) in [7, 11) is 0.796. The molecule has 2 N–H and O–H groups in total. The minimum atomic E-state index is -5.16. The number of carbonyl (C=O) groups excluding carboxylic acids is 1. The lowest BCUT2D eigenvalue weighted by Gasteiger charge is -2.28. The molecule has 1 atom stereocenters. The molecule has 1 saturated carbocycles. The van der Waals surface area contributed by atoms with Gasteiger partial charge >= 0.3 is 12.1 Å². The minimum absolute atomic E-state index is 0.571. The van der Waals surface area contributed by atoms with Crippen LogP contribution in [0, 0.1) is 5.92 Å². The van der Waals surface area contributed by atoms with Crippen molar-refractivity contribution in [1.82, 2.24) is 0 Å². The molecule has 116 valence electrons. The highest BCUT2D eigenvalue weighted by Gasteiger charge is 2.62. The molecule has 21 heavy (non-hydrogen) atoms. The third kappa shape index (κ3) is 3.12. The molecule has 1 aliphatic rings. The maximum atomic E-state index is 13.0. The van der Waals surface area contributed by atoms with Crippen LogP contribution in [0.3, 0.4) is 0 Å². The van der Waals surface area contributed by atoms with Gasteiger partial charge in [0.15, 0.2) is 0 Å². The van der Waals surface area contributed by atoms with Gasteiger partial charge in [-0.3, -0.25) is 0 Å². The number of benzene rings is 1. The largest absolute Gasteiger partial charge is 0.466 e. The molecule has 0 heterocycles. The predicted molar refractivity (Wildman–Crippen MR) is 69.6 cm³/mol. The summed E-state index contributed by atoms with van der Waals surface area (Å²) >= 11 is 0. The molecule has 0 spiro atoms. The van der Waals surface area contributed by atoms with E-state index in [1.54, 1.807) is 0 Å². The molecule has 0 bridgehead atoms. The number of methoxy groups -OCH3 is 1. The second kappa shape index (κ2) is 5.55. The summed E-state index contributed by atoms with van der Waals surface area (Å²) in [6.45, 7) is 0.764. The number of hydrogen-bond donors (Lipinski definition) is 2. The number of aliphatic hydroxyl groups is 1. The highest BCUT2D eigenvalue weighted by molar-refractivity contribution is 5.82. The lowest BCUT2D eigenvalue weighted by Crippen LogP contribution is -2.49. The number of rotatable bonds is 5. The second-order valence-electron chi connectivity index (χ2n) is 5.10. The van der Waals surface area contributed by atoms with Crippen LogP contribution in [-0.4, -0.2) is 30.9 Å². The SMILES string of the molecule is COC(=O)[C@@](O)(c1ccc(NCC2CC2)cc1)C(F)(F)F. The van der Waals surface area contributed by atoms with E-state index in [-0.39, 0.29) is 0 Å². The van der Waals surface area contributed by atoms with Crippen LogP contribution in [0.15, 0.2) is 24.3 Å². The zero-order valence-corrected chi connectivity index (χ0v) is 11.4. The van der Waals surface area contributed by atoms with Gasteiger partial charge in [0.05, 0.1) is 7.11 Å². The van der Waals surface area contributed by atoms with Crippen LogP contribution >= 0.6 is 0 Å². The Hall–Kier alpha value is -1.76. The van der Waals surface area contributed by atoms with E-state index < -0.39 is 23.3 Å². The zero-order valence-electron chi connectivity index (χ0n) is 11.4. The summed E-state index contributed by atoms with van der Waals surface area (Å²) in [5.74, 6) is -1.14. The number of ether oxygens (including phenoxy) is 1. The van der Waals surface area contributed by atoms with Gasteiger partial charge in [-0.25, -0.2) is 4.79 Å². The van der Waals surface area contributed by atoms with Crippen LogP contribution in [0.1, 0.15) is 18.4 Å². The fraction of sp³-hybridized carbons (Fsp3) is 0.500. The molecule has 1 aromatic carbocycles. The average molecular weight is 303 g/mol. The molecule has 1 aromatic rings. The Bertz CT molecular complexity index is 511. The Kier molecular flexibility index (Phi) is 4.13. The zero-order chi connectivity index (χ0) is 15.7. The van der Waals surface area contributed by atoms with Crippen LogP contribution in [0.25, 0.3) is 0 Å². The van der Waals surface area contributed by atoms with Gasteiger partial charge in [-0.1, -0.05) is 12.1 Å². The maximum absolute atomic E-state index is 13.0. The van der Waals surface area contributed by atoms with Crippen LogP contribution in [-0.2, 0) is 15.1 Å². The Labute approximate surface area is 119 Å². The van der Waals surface area contributed by atoms with E-state index in [9.17, 15) is 23.1 Å². The van der Waals surface area contributed by atoms with Gasteiger partial charge in [0.1, 0.15) is 0 Å². The molecule has 0 radical (unpaired) electrons. The third-order valence-corrected chi connectivity index (χ3v) is 3.49. The van der Waals surface area contributed by atoms with Gasteiger partial charge in [0.25, 0.3) is 5.60 Å². The first-order chi connectivity index (χ1) is 9.79. The fourth-order valence-electron chi connectivity index (χ4n) is 1.96. The topological polar surface area (TPSA) is 58.6 Å². The molecule has 0 unspecified atom stereocenters. The van der Waals surface area contributed by atoms with Crippen molar-refractivity contribution in [1.29, 1.82) is 0 Å². The van der Waals surface area contributed by atoms with E-state index in [0.29, 0.717) is 11.6 Å². The van der Waals surface area contributed by atoms with Gasteiger partial charge in [-0.2, -0.15) is 13.2 Å². The first-order valence-corrected chi connectivity index (χ1v) is 6.51. The first kappa shape index (κ1) is 15.6. The lowest BCUT2D eigenvalue weighted by atomic mass is 9.93. The van der Waals surface area contributed by atoms with Gasteiger partial charge in [-0.05, 0) is 30.9 Å². The van der Waals surface area contributed by atoms with Crippen LogP contribution in [0.4, 0.5) is 18.9 Å². The summed E-state index contributed by atoms with van der Waals surface area (Å²) in [5, 5.41) is 12.9. The summed E-state index contributed by atoms with van der Waals surface area (Å²) in [5.41, 5.74) is -3.59. The monoisotopic (exact) mass is 303 g/mol. The molecule has 0 saturated heterocycles. The van der Waals surface area contributed by atoms with E-state index in [2.05, 4.69) is 10.1 Å². The highest BCUT2D eigenvalue weighted by Crippen LogP contribution is 2.40. The molecule has 2 rings (SSSR count). The van der Waals surface area contributed by atoms with E-state index in [1.165, 1.54) is 12.1 Å². The van der Waals surface area contributed by atoms with Gasteiger partial charge in [-0.15, -0.1) is 0 Å². The van der Waals surface area contributed by atoms with Crippen molar-refractivity contribution in [3.8, 4) is 0 Å². The summed E-state index contributed by atoms with van der Waals surface area (Å²) in [6.07, 6.45) is -2.86. The number of nitrogens with one attached hydrogen (secondary N) is 1. The normalized spacial score (nSPS) is 18.0. The number of alkyl halides is 3. The van der Waals surface area contributed by atoms with Crippen LogP contribution in [0.5, 0.6) is 0 Å². The van der Waals surface area contributed by atoms with Gasteiger partial charge in [0, 0.05) is 17.8 Å². The molecular weight excluding hydrogens is 287 g/mol. The summed E-state index contributed by atoms with van der Waals surface area (Å²) < 4.78 is 43.2.